The average molecular weight is 366 g/mol. The number of para-hydroxylation sites is 1. The van der Waals surface area contributed by atoms with E-state index in [2.05, 4.69) is 10.3 Å². The van der Waals surface area contributed by atoms with Crippen LogP contribution < -0.4 is 5.32 Å². The first-order chi connectivity index (χ1) is 11.2. The van der Waals surface area contributed by atoms with E-state index in [9.17, 15) is 9.59 Å². The normalized spacial score (nSPS) is 11.5. The standard InChI is InChI=1S/C17H23N3O2S2/c1-17(2,3)19-14(21)9-20(4)16(22)11-23-10-15-18-12-7-5-6-8-13(12)24-15/h5-8H,9-11H2,1-4H3,(H,19,21). The third-order valence-electron chi connectivity index (χ3n) is 3.11. The van der Waals surface area contributed by atoms with Gasteiger partial charge in [-0.2, -0.15) is 0 Å². The lowest BCUT2D eigenvalue weighted by atomic mass is 10.1. The van der Waals surface area contributed by atoms with Gasteiger partial charge < -0.3 is 10.2 Å². The van der Waals surface area contributed by atoms with Gasteiger partial charge in [-0.05, 0) is 32.9 Å². The summed E-state index contributed by atoms with van der Waals surface area (Å²) in [6.07, 6.45) is 0. The van der Waals surface area contributed by atoms with Crippen molar-refractivity contribution in [2.75, 3.05) is 19.3 Å². The molecule has 0 radical (unpaired) electrons. The zero-order valence-electron chi connectivity index (χ0n) is 14.5. The van der Waals surface area contributed by atoms with Crippen LogP contribution in [0.25, 0.3) is 10.2 Å². The van der Waals surface area contributed by atoms with Gasteiger partial charge in [0, 0.05) is 18.3 Å². The van der Waals surface area contributed by atoms with Crippen molar-refractivity contribution in [3.63, 3.8) is 0 Å². The van der Waals surface area contributed by atoms with E-state index in [1.807, 2.05) is 45.0 Å². The summed E-state index contributed by atoms with van der Waals surface area (Å²) in [7, 11) is 1.66. The van der Waals surface area contributed by atoms with Gasteiger partial charge >= 0.3 is 0 Å². The minimum absolute atomic E-state index is 0.0508. The maximum atomic E-state index is 12.1. The monoisotopic (exact) mass is 365 g/mol. The minimum atomic E-state index is -0.289. The highest BCUT2D eigenvalue weighted by molar-refractivity contribution is 7.99. The highest BCUT2D eigenvalue weighted by Gasteiger charge is 2.17. The van der Waals surface area contributed by atoms with Gasteiger partial charge in [-0.1, -0.05) is 12.1 Å². The molecule has 2 rings (SSSR count). The molecular formula is C17H23N3O2S2. The average Bonchev–Trinajstić information content (AvgIpc) is 2.87. The van der Waals surface area contributed by atoms with Gasteiger partial charge in [0.15, 0.2) is 0 Å². The summed E-state index contributed by atoms with van der Waals surface area (Å²) in [6.45, 7) is 5.83. The number of amides is 2. The molecule has 0 saturated heterocycles. The predicted molar refractivity (Wildman–Crippen MR) is 101 cm³/mol. The number of benzene rings is 1. The number of thioether (sulfide) groups is 1. The van der Waals surface area contributed by atoms with Gasteiger partial charge in [0.1, 0.15) is 5.01 Å². The molecule has 1 aromatic carbocycles. The fraction of sp³-hybridized carbons (Fsp3) is 0.471. The number of hydrogen-bond donors (Lipinski definition) is 1. The molecule has 0 saturated carbocycles. The number of carbonyl (C=O) groups is 2. The summed E-state index contributed by atoms with van der Waals surface area (Å²) >= 11 is 3.18. The van der Waals surface area contributed by atoms with Crippen LogP contribution in [0, 0.1) is 0 Å². The molecule has 5 nitrogen and oxygen atoms in total. The van der Waals surface area contributed by atoms with Crippen LogP contribution in [0.2, 0.25) is 0 Å². The number of nitrogens with one attached hydrogen (secondary N) is 1. The minimum Gasteiger partial charge on any atom is -0.350 e. The van der Waals surface area contributed by atoms with Crippen molar-refractivity contribution >= 4 is 45.1 Å². The molecule has 0 fully saturated rings. The summed E-state index contributed by atoms with van der Waals surface area (Å²) in [5, 5.41) is 3.87. The Morgan fingerprint density at radius 1 is 1.29 bits per heavy atom. The van der Waals surface area contributed by atoms with E-state index in [-0.39, 0.29) is 23.9 Å². The number of nitrogens with zero attached hydrogens (tertiary/aromatic N) is 2. The number of aromatic nitrogens is 1. The van der Waals surface area contributed by atoms with Crippen LogP contribution in [-0.4, -0.2) is 46.6 Å². The van der Waals surface area contributed by atoms with E-state index in [0.29, 0.717) is 11.5 Å². The Kier molecular flexibility index (Phi) is 6.23. The smallest absolute Gasteiger partial charge is 0.240 e. The zero-order chi connectivity index (χ0) is 17.7. The molecule has 1 N–H and O–H groups in total. The lowest BCUT2D eigenvalue weighted by Gasteiger charge is -2.23. The highest BCUT2D eigenvalue weighted by Crippen LogP contribution is 2.24. The zero-order valence-corrected chi connectivity index (χ0v) is 16.1. The van der Waals surface area contributed by atoms with E-state index in [4.69, 9.17) is 0 Å². The van der Waals surface area contributed by atoms with Gasteiger partial charge in [-0.25, -0.2) is 4.98 Å². The van der Waals surface area contributed by atoms with E-state index in [1.165, 1.54) is 16.7 Å². The molecule has 0 aliphatic carbocycles. The topological polar surface area (TPSA) is 62.3 Å². The first-order valence-electron chi connectivity index (χ1n) is 7.72. The van der Waals surface area contributed by atoms with Crippen molar-refractivity contribution in [3.05, 3.63) is 29.3 Å². The summed E-state index contributed by atoms with van der Waals surface area (Å²) < 4.78 is 1.16. The number of hydrogen-bond acceptors (Lipinski definition) is 5. The van der Waals surface area contributed by atoms with E-state index >= 15 is 0 Å². The Hall–Kier alpha value is -1.60. The first kappa shape index (κ1) is 18.7. The fourth-order valence-corrected chi connectivity index (χ4v) is 4.06. The number of rotatable bonds is 6. The molecule has 130 valence electrons. The second-order valence-electron chi connectivity index (χ2n) is 6.62. The molecule has 1 heterocycles. The Balaban J connectivity index is 1.77. The molecule has 0 unspecified atom stereocenters. The van der Waals surface area contributed by atoms with Crippen molar-refractivity contribution in [2.45, 2.75) is 32.1 Å². The van der Waals surface area contributed by atoms with Crippen molar-refractivity contribution < 1.29 is 9.59 Å². The molecule has 0 aliphatic heterocycles. The molecule has 2 amide bonds. The lowest BCUT2D eigenvalue weighted by Crippen LogP contribution is -2.46. The largest absolute Gasteiger partial charge is 0.350 e. The third-order valence-corrected chi connectivity index (χ3v) is 5.26. The Morgan fingerprint density at radius 3 is 2.67 bits per heavy atom. The van der Waals surface area contributed by atoms with Crippen molar-refractivity contribution in [3.8, 4) is 0 Å². The van der Waals surface area contributed by atoms with Gasteiger partial charge in [-0.15, -0.1) is 23.1 Å². The SMILES string of the molecule is CN(CC(=O)NC(C)(C)C)C(=O)CSCc1nc2ccccc2s1. The van der Waals surface area contributed by atoms with Crippen LogP contribution in [0.15, 0.2) is 24.3 Å². The van der Waals surface area contributed by atoms with Gasteiger partial charge in [0.25, 0.3) is 0 Å². The summed E-state index contributed by atoms with van der Waals surface area (Å²) in [6, 6.07) is 8.01. The molecule has 2 aromatic rings. The summed E-state index contributed by atoms with van der Waals surface area (Å²) in [5.41, 5.74) is 0.711. The fourth-order valence-electron chi connectivity index (χ4n) is 2.08. The van der Waals surface area contributed by atoms with Crippen LogP contribution >= 0.6 is 23.1 Å². The molecule has 0 bridgehead atoms. The lowest BCUT2D eigenvalue weighted by molar-refractivity contribution is -0.133. The maximum absolute atomic E-state index is 12.1. The summed E-state index contributed by atoms with van der Waals surface area (Å²) in [4.78, 5) is 30.0. The highest BCUT2D eigenvalue weighted by atomic mass is 32.2. The first-order valence-corrected chi connectivity index (χ1v) is 9.69. The van der Waals surface area contributed by atoms with Crippen LogP contribution in [-0.2, 0) is 15.3 Å². The second-order valence-corrected chi connectivity index (χ2v) is 8.72. The summed E-state index contributed by atoms with van der Waals surface area (Å²) in [5.74, 6) is 0.849. The number of carbonyl (C=O) groups excluding carboxylic acids is 2. The van der Waals surface area contributed by atoms with Crippen LogP contribution in [0.1, 0.15) is 25.8 Å². The molecule has 1 aromatic heterocycles. The second kappa shape index (κ2) is 7.98. The number of fused-ring (bicyclic) bond motifs is 1. The van der Waals surface area contributed by atoms with Crippen molar-refractivity contribution in [1.29, 1.82) is 0 Å². The molecular weight excluding hydrogens is 342 g/mol. The molecule has 7 heteroatoms. The van der Waals surface area contributed by atoms with E-state index in [1.54, 1.807) is 18.4 Å². The quantitative estimate of drug-likeness (QED) is 0.855. The predicted octanol–water partition coefficient (Wildman–Crippen LogP) is 2.90. The van der Waals surface area contributed by atoms with Gasteiger partial charge in [0.05, 0.1) is 22.5 Å². The Morgan fingerprint density at radius 2 is 2.00 bits per heavy atom. The Labute approximate surface area is 150 Å². The third kappa shape index (κ3) is 5.79. The van der Waals surface area contributed by atoms with Crippen LogP contribution in [0.5, 0.6) is 0 Å². The van der Waals surface area contributed by atoms with Crippen molar-refractivity contribution in [1.82, 2.24) is 15.2 Å². The van der Waals surface area contributed by atoms with Crippen LogP contribution in [0.4, 0.5) is 0 Å². The molecule has 0 aliphatic rings. The maximum Gasteiger partial charge on any atom is 0.240 e. The molecule has 24 heavy (non-hydrogen) atoms. The van der Waals surface area contributed by atoms with Gasteiger partial charge in [-0.3, -0.25) is 9.59 Å². The van der Waals surface area contributed by atoms with Crippen LogP contribution in [0.3, 0.4) is 0 Å². The Bertz CT molecular complexity index is 689. The van der Waals surface area contributed by atoms with Crippen molar-refractivity contribution in [2.24, 2.45) is 0 Å². The number of likely N-dealkylation sites (N-methyl/N-ethyl adjacent to an activating group) is 1. The van der Waals surface area contributed by atoms with E-state index < -0.39 is 0 Å². The van der Waals surface area contributed by atoms with Gasteiger partial charge in [0.2, 0.25) is 11.8 Å². The number of thiazole rings is 1. The van der Waals surface area contributed by atoms with E-state index in [0.717, 1.165) is 15.2 Å². The molecule has 0 spiro atoms. The molecule has 0 atom stereocenters.